The van der Waals surface area contributed by atoms with Crippen LogP contribution in [0.5, 0.6) is 5.75 Å². The number of likely N-dealkylation sites (N-methyl/N-ethyl adjacent to an activating group) is 1. The summed E-state index contributed by atoms with van der Waals surface area (Å²) in [5, 5.41) is 2.60. The van der Waals surface area contributed by atoms with Crippen LogP contribution in [-0.2, 0) is 9.59 Å². The van der Waals surface area contributed by atoms with Gasteiger partial charge in [0.05, 0.1) is 7.11 Å². The lowest BCUT2D eigenvalue weighted by molar-refractivity contribution is -0.144. The Morgan fingerprint density at radius 1 is 1.20 bits per heavy atom. The molecule has 1 fully saturated rings. The molecule has 2 rings (SSSR count). The third-order valence-electron chi connectivity index (χ3n) is 3.31. The fraction of sp³-hybridized carbons (Fsp3) is 0.429. The lowest BCUT2D eigenvalue weighted by Crippen LogP contribution is -2.50. The fourth-order valence-electron chi connectivity index (χ4n) is 2.04. The van der Waals surface area contributed by atoms with Gasteiger partial charge >= 0.3 is 11.8 Å². The number of ether oxygens (including phenoxy) is 1. The molecule has 0 unspecified atom stereocenters. The van der Waals surface area contributed by atoms with Gasteiger partial charge in [0.2, 0.25) is 0 Å². The second kappa shape index (κ2) is 6.38. The van der Waals surface area contributed by atoms with Crippen LogP contribution in [0.25, 0.3) is 0 Å². The van der Waals surface area contributed by atoms with Crippen LogP contribution in [0.4, 0.5) is 5.69 Å². The standard InChI is InChI=1S/C14H19N3O3/c1-16-6-8-17(9-7-16)14(19)13(18)15-11-4-3-5-12(10-11)20-2/h3-5,10H,6-9H2,1-2H3,(H,15,18). The van der Waals surface area contributed by atoms with E-state index in [2.05, 4.69) is 10.2 Å². The van der Waals surface area contributed by atoms with E-state index in [0.29, 0.717) is 24.5 Å². The van der Waals surface area contributed by atoms with Gasteiger partial charge in [-0.1, -0.05) is 6.07 Å². The van der Waals surface area contributed by atoms with E-state index in [1.807, 2.05) is 7.05 Å². The maximum absolute atomic E-state index is 12.0. The van der Waals surface area contributed by atoms with Crippen molar-refractivity contribution in [3.8, 4) is 5.75 Å². The molecule has 0 radical (unpaired) electrons. The average Bonchev–Trinajstić information content (AvgIpc) is 2.47. The number of hydrogen-bond donors (Lipinski definition) is 1. The van der Waals surface area contributed by atoms with Gasteiger partial charge in [-0.25, -0.2) is 0 Å². The Labute approximate surface area is 118 Å². The van der Waals surface area contributed by atoms with Gasteiger partial charge in [-0.05, 0) is 19.2 Å². The largest absolute Gasteiger partial charge is 0.497 e. The van der Waals surface area contributed by atoms with Gasteiger partial charge in [-0.15, -0.1) is 0 Å². The molecule has 0 bridgehead atoms. The van der Waals surface area contributed by atoms with Crippen LogP contribution >= 0.6 is 0 Å². The maximum atomic E-state index is 12.0. The predicted molar refractivity (Wildman–Crippen MR) is 75.7 cm³/mol. The van der Waals surface area contributed by atoms with Crippen molar-refractivity contribution in [1.82, 2.24) is 9.80 Å². The molecular weight excluding hydrogens is 258 g/mol. The summed E-state index contributed by atoms with van der Waals surface area (Å²) in [4.78, 5) is 27.7. The Hall–Kier alpha value is -2.08. The van der Waals surface area contributed by atoms with Crippen LogP contribution in [0.2, 0.25) is 0 Å². The number of carbonyl (C=O) groups is 2. The number of benzene rings is 1. The molecule has 1 heterocycles. The molecule has 1 aromatic carbocycles. The van der Waals surface area contributed by atoms with E-state index in [0.717, 1.165) is 13.1 Å². The van der Waals surface area contributed by atoms with Crippen molar-refractivity contribution in [2.45, 2.75) is 0 Å². The minimum atomic E-state index is -0.609. The predicted octanol–water partition coefficient (Wildman–Crippen LogP) is 0.408. The van der Waals surface area contributed by atoms with Crippen molar-refractivity contribution < 1.29 is 14.3 Å². The SMILES string of the molecule is COc1cccc(NC(=O)C(=O)N2CCN(C)CC2)c1. The first-order valence-corrected chi connectivity index (χ1v) is 6.53. The van der Waals surface area contributed by atoms with Gasteiger partial charge in [0.1, 0.15) is 5.75 Å². The van der Waals surface area contributed by atoms with Crippen LogP contribution < -0.4 is 10.1 Å². The minimum Gasteiger partial charge on any atom is -0.497 e. The molecule has 1 aromatic rings. The Morgan fingerprint density at radius 3 is 2.55 bits per heavy atom. The van der Waals surface area contributed by atoms with Gasteiger partial charge in [0, 0.05) is 37.9 Å². The highest BCUT2D eigenvalue weighted by atomic mass is 16.5. The van der Waals surface area contributed by atoms with Gasteiger partial charge in [0.15, 0.2) is 0 Å². The molecule has 6 nitrogen and oxygen atoms in total. The average molecular weight is 277 g/mol. The summed E-state index contributed by atoms with van der Waals surface area (Å²) in [7, 11) is 3.55. The summed E-state index contributed by atoms with van der Waals surface area (Å²) in [6.45, 7) is 2.75. The van der Waals surface area contributed by atoms with Crippen molar-refractivity contribution in [1.29, 1.82) is 0 Å². The van der Waals surface area contributed by atoms with Crippen LogP contribution in [0.3, 0.4) is 0 Å². The van der Waals surface area contributed by atoms with Crippen molar-refractivity contribution in [2.75, 3.05) is 45.7 Å². The highest BCUT2D eigenvalue weighted by molar-refractivity contribution is 6.39. The van der Waals surface area contributed by atoms with Crippen molar-refractivity contribution in [3.05, 3.63) is 24.3 Å². The topological polar surface area (TPSA) is 61.9 Å². The molecule has 1 saturated heterocycles. The molecule has 0 atom stereocenters. The summed E-state index contributed by atoms with van der Waals surface area (Å²) in [6, 6.07) is 6.93. The van der Waals surface area contributed by atoms with E-state index in [1.165, 1.54) is 0 Å². The number of hydrogen-bond acceptors (Lipinski definition) is 4. The van der Waals surface area contributed by atoms with Crippen LogP contribution in [0.1, 0.15) is 0 Å². The highest BCUT2D eigenvalue weighted by Crippen LogP contribution is 2.16. The zero-order chi connectivity index (χ0) is 14.5. The number of piperazine rings is 1. The summed E-state index contributed by atoms with van der Waals surface area (Å²) in [5.41, 5.74) is 0.553. The number of rotatable bonds is 2. The lowest BCUT2D eigenvalue weighted by Gasteiger charge is -2.31. The molecule has 1 aliphatic heterocycles. The van der Waals surface area contributed by atoms with E-state index >= 15 is 0 Å². The number of nitrogens with one attached hydrogen (secondary N) is 1. The van der Waals surface area contributed by atoms with E-state index < -0.39 is 11.8 Å². The quantitative estimate of drug-likeness (QED) is 0.795. The van der Waals surface area contributed by atoms with Gasteiger partial charge < -0.3 is 19.9 Å². The maximum Gasteiger partial charge on any atom is 0.313 e. The summed E-state index contributed by atoms with van der Waals surface area (Å²) >= 11 is 0. The molecule has 1 aliphatic rings. The minimum absolute atomic E-state index is 0.485. The Morgan fingerprint density at radius 2 is 1.90 bits per heavy atom. The Balaban J connectivity index is 1.95. The number of amides is 2. The summed E-state index contributed by atoms with van der Waals surface area (Å²) in [6.07, 6.45) is 0. The summed E-state index contributed by atoms with van der Waals surface area (Å²) < 4.78 is 5.07. The molecule has 6 heteroatoms. The van der Waals surface area contributed by atoms with E-state index in [9.17, 15) is 9.59 Å². The van der Waals surface area contributed by atoms with Crippen molar-refractivity contribution in [2.24, 2.45) is 0 Å². The van der Waals surface area contributed by atoms with Gasteiger partial charge in [-0.3, -0.25) is 9.59 Å². The third-order valence-corrected chi connectivity index (χ3v) is 3.31. The van der Waals surface area contributed by atoms with Crippen molar-refractivity contribution in [3.63, 3.8) is 0 Å². The normalized spacial score (nSPS) is 15.8. The highest BCUT2D eigenvalue weighted by Gasteiger charge is 2.24. The zero-order valence-electron chi connectivity index (χ0n) is 11.8. The molecule has 1 N–H and O–H groups in total. The molecule has 0 aliphatic carbocycles. The first kappa shape index (κ1) is 14.3. The first-order valence-electron chi connectivity index (χ1n) is 6.53. The Bertz CT molecular complexity index is 496. The molecule has 0 saturated carbocycles. The van der Waals surface area contributed by atoms with Crippen LogP contribution in [0, 0.1) is 0 Å². The summed E-state index contributed by atoms with van der Waals surface area (Å²) in [5.74, 6) is -0.460. The smallest absolute Gasteiger partial charge is 0.313 e. The van der Waals surface area contributed by atoms with Crippen molar-refractivity contribution >= 4 is 17.5 Å². The molecule has 108 valence electrons. The van der Waals surface area contributed by atoms with Gasteiger partial charge in [0.25, 0.3) is 0 Å². The molecule has 2 amide bonds. The van der Waals surface area contributed by atoms with E-state index in [1.54, 1.807) is 36.3 Å². The van der Waals surface area contributed by atoms with Crippen LogP contribution in [0.15, 0.2) is 24.3 Å². The molecule has 0 aromatic heterocycles. The van der Waals surface area contributed by atoms with E-state index in [-0.39, 0.29) is 0 Å². The Kier molecular flexibility index (Phi) is 4.57. The monoisotopic (exact) mass is 277 g/mol. The third kappa shape index (κ3) is 3.48. The number of carbonyl (C=O) groups excluding carboxylic acids is 2. The van der Waals surface area contributed by atoms with Gasteiger partial charge in [-0.2, -0.15) is 0 Å². The molecular formula is C14H19N3O3. The number of methoxy groups -OCH3 is 1. The van der Waals surface area contributed by atoms with Crippen LogP contribution in [-0.4, -0.2) is 62.0 Å². The number of anilines is 1. The fourth-order valence-corrected chi connectivity index (χ4v) is 2.04. The second-order valence-electron chi connectivity index (χ2n) is 4.78. The van der Waals surface area contributed by atoms with E-state index in [4.69, 9.17) is 4.74 Å². The lowest BCUT2D eigenvalue weighted by atomic mass is 10.3. The number of nitrogens with zero attached hydrogens (tertiary/aromatic N) is 2. The molecule has 20 heavy (non-hydrogen) atoms. The first-order chi connectivity index (χ1) is 9.60. The zero-order valence-corrected chi connectivity index (χ0v) is 11.8. The molecule has 0 spiro atoms. The second-order valence-corrected chi connectivity index (χ2v) is 4.78.